The van der Waals surface area contributed by atoms with Crippen molar-refractivity contribution in [2.24, 2.45) is 0 Å². The third-order valence-electron chi connectivity index (χ3n) is 2.16. The van der Waals surface area contributed by atoms with Crippen molar-refractivity contribution in [2.45, 2.75) is 19.3 Å². The van der Waals surface area contributed by atoms with Crippen molar-refractivity contribution in [2.75, 3.05) is 18.8 Å². The van der Waals surface area contributed by atoms with Gasteiger partial charge in [-0.05, 0) is 59.0 Å². The van der Waals surface area contributed by atoms with E-state index in [1.54, 1.807) is 11.3 Å². The van der Waals surface area contributed by atoms with E-state index >= 15 is 0 Å². The molecule has 4 nitrogen and oxygen atoms in total. The molecule has 0 saturated heterocycles. The summed E-state index contributed by atoms with van der Waals surface area (Å²) >= 11 is 1.72. The highest BCUT2D eigenvalue weighted by Gasteiger charge is 2.03. The fourth-order valence-corrected chi connectivity index (χ4v) is 3.38. The van der Waals surface area contributed by atoms with Crippen molar-refractivity contribution in [3.63, 3.8) is 0 Å². The molecule has 1 heterocycles. The van der Waals surface area contributed by atoms with Gasteiger partial charge in [-0.3, -0.25) is 4.55 Å². The van der Waals surface area contributed by atoms with E-state index < -0.39 is 9.15 Å². The molecular formula is C10H17NO3S3. The summed E-state index contributed by atoms with van der Waals surface area (Å²) in [7, 11) is -3.31. The molecule has 1 aromatic rings. The monoisotopic (exact) mass is 295 g/mol. The Hall–Kier alpha value is -0.0800. The van der Waals surface area contributed by atoms with Gasteiger partial charge in [-0.2, -0.15) is 19.8 Å². The Morgan fingerprint density at radius 2 is 2.18 bits per heavy atom. The van der Waals surface area contributed by atoms with E-state index in [0.29, 0.717) is 23.1 Å². The maximum atomic E-state index is 10.4. The van der Waals surface area contributed by atoms with E-state index in [2.05, 4.69) is 22.1 Å². The predicted octanol–water partition coefficient (Wildman–Crippen LogP) is 2.20. The van der Waals surface area contributed by atoms with Gasteiger partial charge in [0, 0.05) is 12.3 Å². The minimum absolute atomic E-state index is 0.378. The molecule has 0 aliphatic carbocycles. The molecule has 0 amide bonds. The molecule has 0 saturated carbocycles. The molecule has 1 aromatic heterocycles. The molecule has 17 heavy (non-hydrogen) atoms. The Morgan fingerprint density at radius 1 is 1.35 bits per heavy atom. The van der Waals surface area contributed by atoms with E-state index in [1.807, 2.05) is 0 Å². The first-order valence-electron chi connectivity index (χ1n) is 5.41. The minimum atomic E-state index is -3.87. The van der Waals surface area contributed by atoms with Gasteiger partial charge >= 0.3 is 9.15 Å². The van der Waals surface area contributed by atoms with Crippen LogP contribution in [-0.2, 0) is 15.6 Å². The lowest BCUT2D eigenvalue weighted by Gasteiger charge is -2.03. The van der Waals surface area contributed by atoms with E-state index in [1.165, 1.54) is 5.56 Å². The summed E-state index contributed by atoms with van der Waals surface area (Å²) in [5.74, 6) is 0.378. The quantitative estimate of drug-likeness (QED) is 0.415. The van der Waals surface area contributed by atoms with Crippen LogP contribution in [0, 0.1) is 0 Å². The van der Waals surface area contributed by atoms with Crippen molar-refractivity contribution in [3.05, 3.63) is 22.4 Å². The third-order valence-corrected chi connectivity index (χ3v) is 4.95. The molecule has 0 atom stereocenters. The molecule has 0 aromatic carbocycles. The molecule has 98 valence electrons. The molecule has 0 unspecified atom stereocenters. The first kappa shape index (κ1) is 15.0. The van der Waals surface area contributed by atoms with Crippen LogP contribution in [0.2, 0.25) is 0 Å². The SMILES string of the molecule is O=S(=O)(O)SCCNCCCCc1ccsc1. The molecule has 0 spiro atoms. The molecule has 1 rings (SSSR count). The van der Waals surface area contributed by atoms with Gasteiger partial charge in [0.15, 0.2) is 0 Å². The van der Waals surface area contributed by atoms with Crippen molar-refractivity contribution in [3.8, 4) is 0 Å². The van der Waals surface area contributed by atoms with Crippen LogP contribution in [0.25, 0.3) is 0 Å². The summed E-state index contributed by atoms with van der Waals surface area (Å²) < 4.78 is 29.3. The number of aryl methyl sites for hydroxylation is 1. The van der Waals surface area contributed by atoms with Crippen LogP contribution in [0.3, 0.4) is 0 Å². The zero-order valence-electron chi connectivity index (χ0n) is 9.46. The zero-order valence-corrected chi connectivity index (χ0v) is 11.9. The van der Waals surface area contributed by atoms with Crippen molar-refractivity contribution >= 4 is 31.3 Å². The van der Waals surface area contributed by atoms with Crippen LogP contribution < -0.4 is 5.32 Å². The minimum Gasteiger partial charge on any atom is -0.316 e. The smallest absolute Gasteiger partial charge is 0.316 e. The fourth-order valence-electron chi connectivity index (χ4n) is 1.36. The summed E-state index contributed by atoms with van der Waals surface area (Å²) in [4.78, 5) is 0. The third kappa shape index (κ3) is 8.62. The lowest BCUT2D eigenvalue weighted by Crippen LogP contribution is -2.19. The maximum Gasteiger partial charge on any atom is 0.319 e. The fraction of sp³-hybridized carbons (Fsp3) is 0.600. The lowest BCUT2D eigenvalue weighted by molar-refractivity contribution is 0.503. The van der Waals surface area contributed by atoms with Gasteiger partial charge < -0.3 is 5.32 Å². The van der Waals surface area contributed by atoms with Crippen LogP contribution >= 0.6 is 22.1 Å². The molecule has 0 fully saturated rings. The van der Waals surface area contributed by atoms with Crippen LogP contribution in [0.4, 0.5) is 0 Å². The molecule has 0 bridgehead atoms. The van der Waals surface area contributed by atoms with Crippen LogP contribution in [0.5, 0.6) is 0 Å². The van der Waals surface area contributed by atoms with Crippen LogP contribution in [0.1, 0.15) is 18.4 Å². The molecule has 0 aliphatic heterocycles. The predicted molar refractivity (Wildman–Crippen MR) is 74.1 cm³/mol. The van der Waals surface area contributed by atoms with E-state index in [0.717, 1.165) is 25.8 Å². The van der Waals surface area contributed by atoms with E-state index in [4.69, 9.17) is 4.55 Å². The van der Waals surface area contributed by atoms with Gasteiger partial charge in [-0.1, -0.05) is 0 Å². The molecule has 0 aliphatic rings. The van der Waals surface area contributed by atoms with Crippen molar-refractivity contribution < 1.29 is 13.0 Å². The lowest BCUT2D eigenvalue weighted by atomic mass is 10.1. The Morgan fingerprint density at radius 3 is 2.82 bits per heavy atom. The summed E-state index contributed by atoms with van der Waals surface area (Å²) in [5, 5.41) is 7.39. The highest BCUT2D eigenvalue weighted by atomic mass is 33.1. The normalized spacial score (nSPS) is 11.8. The highest BCUT2D eigenvalue weighted by Crippen LogP contribution is 2.09. The van der Waals surface area contributed by atoms with Gasteiger partial charge in [0.05, 0.1) is 0 Å². The Labute approximate surface area is 110 Å². The molecular weight excluding hydrogens is 278 g/mol. The second kappa shape index (κ2) is 8.10. The number of nitrogens with one attached hydrogen (secondary N) is 1. The Kier molecular flexibility index (Phi) is 7.14. The number of unbranched alkanes of at least 4 members (excludes halogenated alkanes) is 1. The van der Waals surface area contributed by atoms with Gasteiger partial charge in [0.25, 0.3) is 0 Å². The van der Waals surface area contributed by atoms with Crippen molar-refractivity contribution in [1.29, 1.82) is 0 Å². The number of hydrogen-bond donors (Lipinski definition) is 2. The van der Waals surface area contributed by atoms with Crippen LogP contribution in [-0.4, -0.2) is 31.8 Å². The second-order valence-corrected chi connectivity index (χ2v) is 7.84. The topological polar surface area (TPSA) is 66.4 Å². The summed E-state index contributed by atoms with van der Waals surface area (Å²) in [6.45, 7) is 1.49. The van der Waals surface area contributed by atoms with E-state index in [9.17, 15) is 8.42 Å². The summed E-state index contributed by atoms with van der Waals surface area (Å²) in [6.07, 6.45) is 3.31. The molecule has 2 N–H and O–H groups in total. The van der Waals surface area contributed by atoms with Crippen molar-refractivity contribution in [1.82, 2.24) is 5.32 Å². The largest absolute Gasteiger partial charge is 0.319 e. The number of hydrogen-bond acceptors (Lipinski definition) is 5. The average molecular weight is 295 g/mol. The number of rotatable bonds is 9. The second-order valence-electron chi connectivity index (χ2n) is 3.59. The van der Waals surface area contributed by atoms with Gasteiger partial charge in [-0.25, -0.2) is 0 Å². The highest BCUT2D eigenvalue weighted by molar-refractivity contribution is 8.69. The first-order valence-corrected chi connectivity index (χ1v) is 9.30. The molecule has 0 radical (unpaired) electrons. The Balaban J connectivity index is 1.88. The van der Waals surface area contributed by atoms with Gasteiger partial charge in [-0.15, -0.1) is 0 Å². The zero-order chi connectivity index (χ0) is 12.6. The van der Waals surface area contributed by atoms with Crippen LogP contribution in [0.15, 0.2) is 16.8 Å². The molecule has 7 heteroatoms. The standard InChI is InChI=1S/C10H17NO3S3/c12-17(13,14)16-8-6-11-5-2-1-3-10-4-7-15-9-10/h4,7,9,11H,1-3,5-6,8H2,(H,12,13,14). The Bertz CT molecular complexity index is 389. The average Bonchev–Trinajstić information content (AvgIpc) is 2.73. The summed E-state index contributed by atoms with van der Waals surface area (Å²) in [6, 6.07) is 2.14. The first-order chi connectivity index (χ1) is 8.08. The van der Waals surface area contributed by atoms with Gasteiger partial charge in [0.1, 0.15) is 0 Å². The van der Waals surface area contributed by atoms with E-state index in [-0.39, 0.29) is 0 Å². The van der Waals surface area contributed by atoms with Gasteiger partial charge in [0.2, 0.25) is 0 Å². The number of thiophene rings is 1. The summed E-state index contributed by atoms with van der Waals surface area (Å²) in [5.41, 5.74) is 1.39. The maximum absolute atomic E-state index is 10.4.